The molecule has 5 nitrogen and oxygen atoms in total. The van der Waals surface area contributed by atoms with E-state index in [0.29, 0.717) is 17.2 Å². The molecule has 1 unspecified atom stereocenters. The van der Waals surface area contributed by atoms with Gasteiger partial charge >= 0.3 is 0 Å². The van der Waals surface area contributed by atoms with E-state index >= 15 is 0 Å². The summed E-state index contributed by atoms with van der Waals surface area (Å²) in [7, 11) is 0. The van der Waals surface area contributed by atoms with E-state index in [-0.39, 0.29) is 24.9 Å². The van der Waals surface area contributed by atoms with Crippen LogP contribution in [0.2, 0.25) is 0 Å². The molecular weight excluding hydrogens is 276 g/mol. The second-order valence-electron chi connectivity index (χ2n) is 5.18. The van der Waals surface area contributed by atoms with E-state index in [2.05, 4.69) is 10.6 Å². The van der Waals surface area contributed by atoms with Crippen molar-refractivity contribution in [3.05, 3.63) is 21.9 Å². The van der Waals surface area contributed by atoms with Gasteiger partial charge in [-0.2, -0.15) is 0 Å². The molecule has 1 rings (SSSR count). The molecule has 1 aromatic rings. The van der Waals surface area contributed by atoms with Crippen LogP contribution in [-0.4, -0.2) is 36.1 Å². The lowest BCUT2D eigenvalue weighted by Gasteiger charge is -2.13. The molecule has 0 aromatic carbocycles. The fourth-order valence-electron chi connectivity index (χ4n) is 1.73. The summed E-state index contributed by atoms with van der Waals surface area (Å²) in [6.45, 7) is 6.07. The summed E-state index contributed by atoms with van der Waals surface area (Å²) in [4.78, 5) is 24.9. The first-order valence-corrected chi connectivity index (χ1v) is 7.49. The minimum Gasteiger partial charge on any atom is -0.391 e. The molecule has 0 radical (unpaired) electrons. The van der Waals surface area contributed by atoms with Gasteiger partial charge in [-0.05, 0) is 31.4 Å². The summed E-state index contributed by atoms with van der Waals surface area (Å²) in [5, 5.41) is 14.8. The molecule has 0 saturated carbocycles. The Morgan fingerprint density at radius 1 is 1.30 bits per heavy atom. The van der Waals surface area contributed by atoms with E-state index in [0.717, 1.165) is 4.88 Å². The SMILES string of the molecule is Cc1ccc(C(=O)NCC(=O)NCC(O)CC(C)C)s1. The normalized spacial score (nSPS) is 12.2. The van der Waals surface area contributed by atoms with Crippen LogP contribution in [-0.2, 0) is 4.79 Å². The standard InChI is InChI=1S/C14H22N2O3S/c1-9(2)6-11(17)7-15-13(18)8-16-14(19)12-5-4-10(3)20-12/h4-5,9,11,17H,6-8H2,1-3H3,(H,15,18)(H,16,19). The van der Waals surface area contributed by atoms with E-state index in [9.17, 15) is 14.7 Å². The number of carbonyl (C=O) groups is 2. The van der Waals surface area contributed by atoms with Crippen LogP contribution in [0.1, 0.15) is 34.8 Å². The highest BCUT2D eigenvalue weighted by Gasteiger charge is 2.11. The van der Waals surface area contributed by atoms with E-state index in [1.165, 1.54) is 11.3 Å². The zero-order valence-electron chi connectivity index (χ0n) is 12.1. The number of aryl methyl sites for hydroxylation is 1. The molecule has 112 valence electrons. The Morgan fingerprint density at radius 3 is 2.55 bits per heavy atom. The van der Waals surface area contributed by atoms with Crippen molar-refractivity contribution in [1.82, 2.24) is 10.6 Å². The van der Waals surface area contributed by atoms with Crippen molar-refractivity contribution in [2.75, 3.05) is 13.1 Å². The predicted molar refractivity (Wildman–Crippen MR) is 79.9 cm³/mol. The fourth-order valence-corrected chi connectivity index (χ4v) is 2.51. The number of aliphatic hydroxyl groups is 1. The van der Waals surface area contributed by atoms with Crippen LogP contribution >= 0.6 is 11.3 Å². The Kier molecular flexibility index (Phi) is 6.67. The maximum absolute atomic E-state index is 11.7. The van der Waals surface area contributed by atoms with Crippen molar-refractivity contribution < 1.29 is 14.7 Å². The van der Waals surface area contributed by atoms with Gasteiger partial charge in [0.25, 0.3) is 5.91 Å². The number of rotatable bonds is 7. The molecule has 3 N–H and O–H groups in total. The molecule has 2 amide bonds. The minimum atomic E-state index is -0.547. The van der Waals surface area contributed by atoms with Crippen LogP contribution < -0.4 is 10.6 Å². The highest BCUT2D eigenvalue weighted by Crippen LogP contribution is 2.14. The van der Waals surface area contributed by atoms with E-state index in [1.807, 2.05) is 26.8 Å². The molecule has 0 bridgehead atoms. The number of thiophene rings is 1. The van der Waals surface area contributed by atoms with Crippen molar-refractivity contribution in [3.8, 4) is 0 Å². The number of aliphatic hydroxyl groups excluding tert-OH is 1. The molecular formula is C14H22N2O3S. The van der Waals surface area contributed by atoms with Gasteiger partial charge in [-0.1, -0.05) is 13.8 Å². The maximum Gasteiger partial charge on any atom is 0.261 e. The zero-order chi connectivity index (χ0) is 15.1. The first-order chi connectivity index (χ1) is 9.38. The average molecular weight is 298 g/mol. The first kappa shape index (κ1) is 16.7. The van der Waals surface area contributed by atoms with Crippen LogP contribution in [0.25, 0.3) is 0 Å². The molecule has 1 heterocycles. The van der Waals surface area contributed by atoms with E-state index < -0.39 is 6.10 Å². The van der Waals surface area contributed by atoms with Crippen LogP contribution in [0.15, 0.2) is 12.1 Å². The van der Waals surface area contributed by atoms with Gasteiger partial charge in [0.1, 0.15) is 0 Å². The van der Waals surface area contributed by atoms with Crippen molar-refractivity contribution in [2.24, 2.45) is 5.92 Å². The van der Waals surface area contributed by atoms with Gasteiger partial charge in [0, 0.05) is 11.4 Å². The van der Waals surface area contributed by atoms with Crippen molar-refractivity contribution in [1.29, 1.82) is 0 Å². The summed E-state index contributed by atoms with van der Waals surface area (Å²) in [5.41, 5.74) is 0. The molecule has 1 atom stereocenters. The number of nitrogens with one attached hydrogen (secondary N) is 2. The molecule has 0 spiro atoms. The van der Waals surface area contributed by atoms with Crippen molar-refractivity contribution in [2.45, 2.75) is 33.3 Å². The Morgan fingerprint density at radius 2 is 2.00 bits per heavy atom. The number of hydrogen-bond acceptors (Lipinski definition) is 4. The Balaban J connectivity index is 2.24. The third kappa shape index (κ3) is 6.16. The lowest BCUT2D eigenvalue weighted by atomic mass is 10.1. The Labute approximate surface area is 123 Å². The van der Waals surface area contributed by atoms with E-state index in [1.54, 1.807) is 6.07 Å². The molecule has 0 saturated heterocycles. The molecule has 6 heteroatoms. The summed E-state index contributed by atoms with van der Waals surface area (Å²) in [6, 6.07) is 3.60. The summed E-state index contributed by atoms with van der Waals surface area (Å²) >= 11 is 1.39. The third-order valence-electron chi connectivity index (χ3n) is 2.65. The van der Waals surface area contributed by atoms with Crippen LogP contribution in [0.3, 0.4) is 0 Å². The van der Waals surface area contributed by atoms with Gasteiger partial charge in [-0.15, -0.1) is 11.3 Å². The van der Waals surface area contributed by atoms with Crippen molar-refractivity contribution in [3.63, 3.8) is 0 Å². The molecule has 20 heavy (non-hydrogen) atoms. The predicted octanol–water partition coefficient (Wildman–Crippen LogP) is 1.31. The van der Waals surface area contributed by atoms with Gasteiger partial charge < -0.3 is 15.7 Å². The Hall–Kier alpha value is -1.40. The average Bonchev–Trinajstić information content (AvgIpc) is 2.79. The van der Waals surface area contributed by atoms with Gasteiger partial charge in [0.05, 0.1) is 17.5 Å². The molecule has 0 fully saturated rings. The van der Waals surface area contributed by atoms with Crippen LogP contribution in [0, 0.1) is 12.8 Å². The topological polar surface area (TPSA) is 78.4 Å². The smallest absolute Gasteiger partial charge is 0.261 e. The quantitative estimate of drug-likeness (QED) is 0.710. The second-order valence-corrected chi connectivity index (χ2v) is 6.47. The lowest BCUT2D eigenvalue weighted by molar-refractivity contribution is -0.120. The van der Waals surface area contributed by atoms with Gasteiger partial charge in [0.15, 0.2) is 0 Å². The van der Waals surface area contributed by atoms with Gasteiger partial charge in [0.2, 0.25) is 5.91 Å². The highest BCUT2D eigenvalue weighted by atomic mass is 32.1. The second kappa shape index (κ2) is 8.01. The minimum absolute atomic E-state index is 0.0792. The molecule has 0 aliphatic carbocycles. The number of carbonyl (C=O) groups excluding carboxylic acids is 2. The maximum atomic E-state index is 11.7. The third-order valence-corrected chi connectivity index (χ3v) is 3.65. The van der Waals surface area contributed by atoms with Crippen molar-refractivity contribution >= 4 is 23.2 Å². The first-order valence-electron chi connectivity index (χ1n) is 6.68. The summed E-state index contributed by atoms with van der Waals surface area (Å²) < 4.78 is 0. The number of amides is 2. The van der Waals surface area contributed by atoms with Crippen LogP contribution in [0.4, 0.5) is 0 Å². The summed E-state index contributed by atoms with van der Waals surface area (Å²) in [5.74, 6) is -0.168. The monoisotopic (exact) mass is 298 g/mol. The van der Waals surface area contributed by atoms with Gasteiger partial charge in [-0.3, -0.25) is 9.59 Å². The van der Waals surface area contributed by atoms with Crippen LogP contribution in [0.5, 0.6) is 0 Å². The molecule has 1 aromatic heterocycles. The fraction of sp³-hybridized carbons (Fsp3) is 0.571. The lowest BCUT2D eigenvalue weighted by Crippen LogP contribution is -2.40. The summed E-state index contributed by atoms with van der Waals surface area (Å²) in [6.07, 6.45) is 0.0933. The largest absolute Gasteiger partial charge is 0.391 e. The van der Waals surface area contributed by atoms with Gasteiger partial charge in [-0.25, -0.2) is 0 Å². The highest BCUT2D eigenvalue weighted by molar-refractivity contribution is 7.13. The molecule has 0 aliphatic heterocycles. The van der Waals surface area contributed by atoms with E-state index in [4.69, 9.17) is 0 Å². The molecule has 0 aliphatic rings. The Bertz CT molecular complexity index is 457. The zero-order valence-corrected chi connectivity index (χ0v) is 12.9. The number of hydrogen-bond donors (Lipinski definition) is 3.